The van der Waals surface area contributed by atoms with Gasteiger partial charge < -0.3 is 4.42 Å². The summed E-state index contributed by atoms with van der Waals surface area (Å²) in [5.41, 5.74) is 18.2. The Morgan fingerprint density at radius 1 is 0.292 bits per heavy atom. The average molecular weight is 830 g/mol. The van der Waals surface area contributed by atoms with E-state index in [4.69, 9.17) is 19.4 Å². The maximum Gasteiger partial charge on any atom is 0.162 e. The Morgan fingerprint density at radius 2 is 0.754 bits per heavy atom. The molecule has 4 nitrogen and oxygen atoms in total. The SMILES string of the molecule is c1ccc(-c2ccc(-c3cc(-c4ccc(-c5ccccc5)cc4)nc(-c4ccc(-c5cccc(-c6nc7cccc(-c8ccccc8)c7c7c6oc6ccccc67)c5)cc4)n3)cc2)cc1. The van der Waals surface area contributed by atoms with Crippen LogP contribution >= 0.6 is 0 Å². The van der Waals surface area contributed by atoms with Crippen LogP contribution in [0, 0.1) is 0 Å². The summed E-state index contributed by atoms with van der Waals surface area (Å²) >= 11 is 0. The lowest BCUT2D eigenvalue weighted by Gasteiger charge is -2.12. The summed E-state index contributed by atoms with van der Waals surface area (Å²) in [7, 11) is 0. The van der Waals surface area contributed by atoms with Gasteiger partial charge in [0.25, 0.3) is 0 Å². The molecular weight excluding hydrogens is 791 g/mol. The van der Waals surface area contributed by atoms with Gasteiger partial charge in [-0.2, -0.15) is 0 Å². The number of aromatic nitrogens is 3. The smallest absolute Gasteiger partial charge is 0.162 e. The number of benzene rings is 9. The maximum absolute atomic E-state index is 6.71. The van der Waals surface area contributed by atoms with E-state index in [1.54, 1.807) is 0 Å². The van der Waals surface area contributed by atoms with Crippen molar-refractivity contribution in [3.63, 3.8) is 0 Å². The number of para-hydroxylation sites is 1. The molecule has 0 saturated carbocycles. The van der Waals surface area contributed by atoms with Crippen molar-refractivity contribution in [2.45, 2.75) is 0 Å². The molecule has 3 heterocycles. The van der Waals surface area contributed by atoms with Crippen LogP contribution in [-0.2, 0) is 0 Å². The minimum atomic E-state index is 0.666. The first-order chi connectivity index (χ1) is 32.2. The van der Waals surface area contributed by atoms with Gasteiger partial charge in [-0.05, 0) is 68.8 Å². The highest BCUT2D eigenvalue weighted by molar-refractivity contribution is 6.24. The predicted octanol–water partition coefficient (Wildman–Crippen LogP) is 16.3. The Morgan fingerprint density at radius 3 is 1.37 bits per heavy atom. The van der Waals surface area contributed by atoms with Gasteiger partial charge in [-0.25, -0.2) is 15.0 Å². The van der Waals surface area contributed by atoms with Crippen molar-refractivity contribution in [2.75, 3.05) is 0 Å². The third-order valence-corrected chi connectivity index (χ3v) is 12.3. The number of hydrogen-bond donors (Lipinski definition) is 0. The second-order valence-corrected chi connectivity index (χ2v) is 16.3. The fourth-order valence-electron chi connectivity index (χ4n) is 9.04. The summed E-state index contributed by atoms with van der Waals surface area (Å²) in [6.45, 7) is 0. The summed E-state index contributed by atoms with van der Waals surface area (Å²) in [6.07, 6.45) is 0. The van der Waals surface area contributed by atoms with E-state index >= 15 is 0 Å². The second-order valence-electron chi connectivity index (χ2n) is 16.3. The van der Waals surface area contributed by atoms with Gasteiger partial charge in [0, 0.05) is 38.4 Å². The lowest BCUT2D eigenvalue weighted by Crippen LogP contribution is -1.96. The van der Waals surface area contributed by atoms with E-state index in [1.165, 1.54) is 11.1 Å². The van der Waals surface area contributed by atoms with Crippen molar-refractivity contribution in [1.82, 2.24) is 15.0 Å². The highest BCUT2D eigenvalue weighted by Crippen LogP contribution is 2.43. The Labute approximate surface area is 376 Å². The molecule has 0 aliphatic rings. The molecule has 0 aliphatic heterocycles. The van der Waals surface area contributed by atoms with E-state index in [0.29, 0.717) is 5.82 Å². The predicted molar refractivity (Wildman–Crippen MR) is 268 cm³/mol. The van der Waals surface area contributed by atoms with Gasteiger partial charge in [-0.1, -0.05) is 212 Å². The van der Waals surface area contributed by atoms with E-state index in [-0.39, 0.29) is 0 Å². The molecule has 12 rings (SSSR count). The van der Waals surface area contributed by atoms with Gasteiger partial charge in [0.2, 0.25) is 0 Å². The molecule has 0 aliphatic carbocycles. The van der Waals surface area contributed by atoms with Crippen molar-refractivity contribution >= 4 is 32.8 Å². The third kappa shape index (κ3) is 7.13. The molecule has 0 amide bonds. The molecule has 0 bridgehead atoms. The molecule has 0 N–H and O–H groups in total. The van der Waals surface area contributed by atoms with Crippen LogP contribution in [0.15, 0.2) is 241 Å². The molecule has 3 aromatic heterocycles. The Balaban J connectivity index is 0.925. The van der Waals surface area contributed by atoms with Crippen LogP contribution in [0.5, 0.6) is 0 Å². The normalized spacial score (nSPS) is 11.4. The molecule has 0 fully saturated rings. The number of hydrogen-bond acceptors (Lipinski definition) is 4. The lowest BCUT2D eigenvalue weighted by atomic mass is 9.95. The molecule has 0 radical (unpaired) electrons. The summed E-state index contributed by atoms with van der Waals surface area (Å²) in [5, 5.41) is 3.25. The van der Waals surface area contributed by atoms with Gasteiger partial charge >= 0.3 is 0 Å². The van der Waals surface area contributed by atoms with Gasteiger partial charge in [-0.3, -0.25) is 0 Å². The van der Waals surface area contributed by atoms with Crippen molar-refractivity contribution in [3.05, 3.63) is 237 Å². The van der Waals surface area contributed by atoms with Crippen LogP contribution in [-0.4, -0.2) is 15.0 Å². The zero-order valence-corrected chi connectivity index (χ0v) is 35.3. The van der Waals surface area contributed by atoms with Gasteiger partial charge in [0.15, 0.2) is 11.4 Å². The van der Waals surface area contributed by atoms with E-state index in [2.05, 4.69) is 212 Å². The van der Waals surface area contributed by atoms with Crippen molar-refractivity contribution < 1.29 is 4.42 Å². The van der Waals surface area contributed by atoms with Crippen LogP contribution < -0.4 is 0 Å². The third-order valence-electron chi connectivity index (χ3n) is 12.3. The number of fused-ring (bicyclic) bond motifs is 5. The monoisotopic (exact) mass is 829 g/mol. The summed E-state index contributed by atoms with van der Waals surface area (Å²) in [5.74, 6) is 0.666. The van der Waals surface area contributed by atoms with Crippen LogP contribution in [0.1, 0.15) is 0 Å². The molecule has 12 aromatic rings. The standard InChI is InChI=1S/C61H39N3O/c1-4-14-40(15-5-1)42-26-32-46(33-27-42)54-39-55(47-34-28-43(29-35-47)41-16-6-2-7-17-41)64-61(63-54)48-36-30-44(31-37-48)49-20-12-21-50(38-49)59-60-58(52-22-10-11-25-56(52)65-60)57-51(23-13-24-53(57)62-59)45-18-8-3-9-19-45/h1-39H. The Kier molecular flexibility index (Phi) is 9.46. The number of pyridine rings is 1. The lowest BCUT2D eigenvalue weighted by molar-refractivity contribution is 0.669. The first kappa shape index (κ1) is 38.0. The van der Waals surface area contributed by atoms with Gasteiger partial charge in [0.1, 0.15) is 11.3 Å². The Hall–Kier alpha value is -8.73. The highest BCUT2D eigenvalue weighted by atomic mass is 16.3. The summed E-state index contributed by atoms with van der Waals surface area (Å²) in [4.78, 5) is 15.7. The van der Waals surface area contributed by atoms with E-state index in [0.717, 1.165) is 106 Å². The maximum atomic E-state index is 6.71. The van der Waals surface area contributed by atoms with Crippen LogP contribution in [0.2, 0.25) is 0 Å². The van der Waals surface area contributed by atoms with Crippen molar-refractivity contribution in [3.8, 4) is 89.7 Å². The van der Waals surface area contributed by atoms with Crippen molar-refractivity contribution in [1.29, 1.82) is 0 Å². The van der Waals surface area contributed by atoms with E-state index in [9.17, 15) is 0 Å². The first-order valence-electron chi connectivity index (χ1n) is 21.9. The fraction of sp³-hybridized carbons (Fsp3) is 0. The number of nitrogens with zero attached hydrogens (tertiary/aromatic N) is 3. The van der Waals surface area contributed by atoms with Crippen LogP contribution in [0.25, 0.3) is 123 Å². The van der Waals surface area contributed by atoms with E-state index in [1.807, 2.05) is 24.3 Å². The van der Waals surface area contributed by atoms with Crippen LogP contribution in [0.3, 0.4) is 0 Å². The first-order valence-corrected chi connectivity index (χ1v) is 21.9. The molecule has 0 atom stereocenters. The van der Waals surface area contributed by atoms with Crippen LogP contribution in [0.4, 0.5) is 0 Å². The fourth-order valence-corrected chi connectivity index (χ4v) is 9.04. The Bertz CT molecular complexity index is 3560. The zero-order chi connectivity index (χ0) is 43.1. The number of furan rings is 1. The largest absolute Gasteiger partial charge is 0.454 e. The zero-order valence-electron chi connectivity index (χ0n) is 35.3. The van der Waals surface area contributed by atoms with E-state index < -0.39 is 0 Å². The average Bonchev–Trinajstić information content (AvgIpc) is 3.79. The molecule has 0 unspecified atom stereocenters. The molecule has 304 valence electrons. The minimum absolute atomic E-state index is 0.666. The topological polar surface area (TPSA) is 51.8 Å². The summed E-state index contributed by atoms with van der Waals surface area (Å²) < 4.78 is 6.71. The quantitative estimate of drug-likeness (QED) is 0.153. The van der Waals surface area contributed by atoms with Crippen molar-refractivity contribution in [2.24, 2.45) is 0 Å². The highest BCUT2D eigenvalue weighted by Gasteiger charge is 2.21. The molecule has 9 aromatic carbocycles. The molecule has 0 saturated heterocycles. The molecule has 4 heteroatoms. The second kappa shape index (κ2) is 16.2. The molecular formula is C61H39N3O. The minimum Gasteiger partial charge on any atom is -0.454 e. The van der Waals surface area contributed by atoms with Gasteiger partial charge in [0.05, 0.1) is 16.9 Å². The molecule has 65 heavy (non-hydrogen) atoms. The summed E-state index contributed by atoms with van der Waals surface area (Å²) in [6, 6.07) is 82.6. The van der Waals surface area contributed by atoms with Gasteiger partial charge in [-0.15, -0.1) is 0 Å². The molecule has 0 spiro atoms. The number of rotatable bonds is 8.